The summed E-state index contributed by atoms with van der Waals surface area (Å²) in [7, 11) is 0. The van der Waals surface area contributed by atoms with Crippen molar-refractivity contribution in [1.82, 2.24) is 0 Å². The minimum atomic E-state index is -0.633. The second-order valence-corrected chi connectivity index (χ2v) is 10.8. The summed E-state index contributed by atoms with van der Waals surface area (Å²) in [5.74, 6) is 1.57. The van der Waals surface area contributed by atoms with Crippen LogP contribution >= 0.6 is 0 Å². The second-order valence-electron chi connectivity index (χ2n) is 10.8. The highest BCUT2D eigenvalue weighted by Gasteiger charge is 2.32. The molecule has 4 rings (SSSR count). The summed E-state index contributed by atoms with van der Waals surface area (Å²) in [6.07, 6.45) is 17.1. The van der Waals surface area contributed by atoms with E-state index in [0.29, 0.717) is 10.9 Å². The van der Waals surface area contributed by atoms with Crippen LogP contribution in [0.4, 0.5) is 8.78 Å². The van der Waals surface area contributed by atoms with Gasteiger partial charge in [0.1, 0.15) is 0 Å². The van der Waals surface area contributed by atoms with E-state index in [1.54, 1.807) is 0 Å². The summed E-state index contributed by atoms with van der Waals surface area (Å²) < 4.78 is 30.2. The van der Waals surface area contributed by atoms with Crippen LogP contribution in [0.2, 0.25) is 0 Å². The van der Waals surface area contributed by atoms with E-state index in [4.69, 9.17) is 0 Å². The lowest BCUT2D eigenvalue weighted by Gasteiger charge is -2.38. The number of benzene rings is 2. The molecule has 32 heavy (non-hydrogen) atoms. The van der Waals surface area contributed by atoms with Gasteiger partial charge in [0.25, 0.3) is 0 Å². The zero-order valence-electron chi connectivity index (χ0n) is 20.3. The van der Waals surface area contributed by atoms with Crippen molar-refractivity contribution in [1.29, 1.82) is 0 Å². The van der Waals surface area contributed by atoms with Crippen LogP contribution in [-0.2, 0) is 6.42 Å². The molecule has 0 aromatic heterocycles. The average molecular weight is 441 g/mol. The Morgan fingerprint density at radius 2 is 1.44 bits per heavy atom. The van der Waals surface area contributed by atoms with E-state index in [1.165, 1.54) is 64.2 Å². The van der Waals surface area contributed by atoms with Gasteiger partial charge in [0.2, 0.25) is 0 Å². The zero-order valence-corrected chi connectivity index (χ0v) is 20.3. The van der Waals surface area contributed by atoms with Crippen LogP contribution < -0.4 is 0 Å². The number of fused-ring (bicyclic) bond motifs is 1. The topological polar surface area (TPSA) is 0 Å². The van der Waals surface area contributed by atoms with E-state index >= 15 is 8.78 Å². The Morgan fingerprint density at radius 1 is 0.750 bits per heavy atom. The molecule has 0 amide bonds. The fourth-order valence-corrected chi connectivity index (χ4v) is 6.69. The Labute approximate surface area is 194 Å². The molecular formula is C30H42F2. The highest BCUT2D eigenvalue weighted by Crippen LogP contribution is 2.45. The number of unbranched alkanes of at least 4 members (excludes halogenated alkanes) is 2. The highest BCUT2D eigenvalue weighted by atomic mass is 19.2. The van der Waals surface area contributed by atoms with E-state index in [-0.39, 0.29) is 5.92 Å². The van der Waals surface area contributed by atoms with Crippen molar-refractivity contribution in [2.24, 2.45) is 17.8 Å². The largest absolute Gasteiger partial charge is 0.203 e. The normalized spacial score (nSPS) is 26.5. The van der Waals surface area contributed by atoms with Crippen LogP contribution in [0.1, 0.15) is 114 Å². The van der Waals surface area contributed by atoms with Gasteiger partial charge >= 0.3 is 0 Å². The Kier molecular flexibility index (Phi) is 8.24. The molecule has 2 saturated carbocycles. The van der Waals surface area contributed by atoms with Crippen molar-refractivity contribution >= 4 is 10.8 Å². The van der Waals surface area contributed by atoms with Crippen molar-refractivity contribution in [2.45, 2.75) is 110 Å². The zero-order chi connectivity index (χ0) is 22.5. The van der Waals surface area contributed by atoms with Gasteiger partial charge < -0.3 is 0 Å². The first-order valence-corrected chi connectivity index (χ1v) is 13.5. The molecule has 2 fully saturated rings. The van der Waals surface area contributed by atoms with Gasteiger partial charge in [0, 0.05) is 5.39 Å². The monoisotopic (exact) mass is 440 g/mol. The van der Waals surface area contributed by atoms with E-state index in [2.05, 4.69) is 19.9 Å². The first kappa shape index (κ1) is 23.7. The molecule has 0 radical (unpaired) electrons. The Bertz CT molecular complexity index is 870. The number of hydrogen-bond acceptors (Lipinski definition) is 0. The minimum Gasteiger partial charge on any atom is -0.203 e. The molecule has 0 N–H and O–H groups in total. The molecule has 0 bridgehead atoms. The quantitative estimate of drug-likeness (QED) is 0.358. The lowest BCUT2D eigenvalue weighted by molar-refractivity contribution is 0.156. The molecule has 2 heteroatoms. The molecule has 0 heterocycles. The van der Waals surface area contributed by atoms with Gasteiger partial charge in [-0.3, -0.25) is 0 Å². The van der Waals surface area contributed by atoms with Gasteiger partial charge in [0.15, 0.2) is 11.6 Å². The fourth-order valence-electron chi connectivity index (χ4n) is 6.69. The first-order chi connectivity index (χ1) is 15.6. The molecule has 0 atom stereocenters. The first-order valence-electron chi connectivity index (χ1n) is 13.5. The maximum absolute atomic E-state index is 15.1. The smallest absolute Gasteiger partial charge is 0.166 e. The average Bonchev–Trinajstić information content (AvgIpc) is 2.83. The summed E-state index contributed by atoms with van der Waals surface area (Å²) in [6, 6.07) is 7.93. The van der Waals surface area contributed by atoms with Crippen molar-refractivity contribution in [3.8, 4) is 0 Å². The standard InChI is InChI=1S/C30H42F2/c1-3-5-6-8-22-11-14-26-20-28(30(32)29(31)27(26)19-22)25-17-15-24(16-18-25)23-12-9-21(7-4-2)10-13-23/h11,14,19-21,23-25H,3-10,12-13,15-18H2,1-2H3. The Hall–Kier alpha value is -1.44. The number of hydrogen-bond donors (Lipinski definition) is 0. The maximum Gasteiger partial charge on any atom is 0.166 e. The van der Waals surface area contributed by atoms with Crippen molar-refractivity contribution in [3.05, 3.63) is 47.0 Å². The van der Waals surface area contributed by atoms with E-state index in [9.17, 15) is 0 Å². The van der Waals surface area contributed by atoms with Crippen molar-refractivity contribution in [3.63, 3.8) is 0 Å². The Morgan fingerprint density at radius 3 is 2.09 bits per heavy atom. The number of rotatable bonds is 8. The predicted molar refractivity (Wildman–Crippen MR) is 132 cm³/mol. The molecule has 2 aromatic carbocycles. The minimum absolute atomic E-state index is 0.172. The summed E-state index contributed by atoms with van der Waals surface area (Å²) in [5.41, 5.74) is 1.74. The summed E-state index contributed by atoms with van der Waals surface area (Å²) in [6.45, 7) is 4.48. The van der Waals surface area contributed by atoms with Crippen molar-refractivity contribution < 1.29 is 8.78 Å². The summed E-state index contributed by atoms with van der Waals surface area (Å²) in [5, 5.41) is 1.31. The van der Waals surface area contributed by atoms with Gasteiger partial charge in [-0.1, -0.05) is 64.5 Å². The number of halogens is 2. The van der Waals surface area contributed by atoms with E-state index < -0.39 is 11.6 Å². The second kappa shape index (κ2) is 11.1. The Balaban J connectivity index is 1.41. The van der Waals surface area contributed by atoms with Crippen molar-refractivity contribution in [2.75, 3.05) is 0 Å². The molecular weight excluding hydrogens is 398 g/mol. The predicted octanol–water partition coefficient (Wildman–Crippen LogP) is 9.73. The van der Waals surface area contributed by atoms with Gasteiger partial charge in [0.05, 0.1) is 0 Å². The van der Waals surface area contributed by atoms with Crippen LogP contribution in [-0.4, -0.2) is 0 Å². The van der Waals surface area contributed by atoms with Gasteiger partial charge in [-0.2, -0.15) is 0 Å². The van der Waals surface area contributed by atoms with Crippen LogP contribution in [0.3, 0.4) is 0 Å². The number of aryl methyl sites for hydroxylation is 1. The molecule has 0 nitrogen and oxygen atoms in total. The molecule has 0 unspecified atom stereocenters. The van der Waals surface area contributed by atoms with Crippen LogP contribution in [0.25, 0.3) is 10.8 Å². The van der Waals surface area contributed by atoms with Gasteiger partial charge in [-0.15, -0.1) is 0 Å². The van der Waals surface area contributed by atoms with Crippen LogP contribution in [0.15, 0.2) is 24.3 Å². The van der Waals surface area contributed by atoms with Gasteiger partial charge in [-0.25, -0.2) is 8.78 Å². The van der Waals surface area contributed by atoms with Gasteiger partial charge in [-0.05, 0) is 104 Å². The highest BCUT2D eigenvalue weighted by molar-refractivity contribution is 5.85. The summed E-state index contributed by atoms with van der Waals surface area (Å²) in [4.78, 5) is 0. The molecule has 0 aliphatic heterocycles. The third-order valence-electron chi connectivity index (χ3n) is 8.65. The molecule has 0 saturated heterocycles. The fraction of sp³-hybridized carbons (Fsp3) is 0.667. The van der Waals surface area contributed by atoms with E-state index in [1.807, 2.05) is 18.2 Å². The molecule has 2 aliphatic rings. The molecule has 2 aromatic rings. The maximum atomic E-state index is 15.1. The molecule has 2 aliphatic carbocycles. The third-order valence-corrected chi connectivity index (χ3v) is 8.65. The lowest BCUT2D eigenvalue weighted by Crippen LogP contribution is -2.25. The molecule has 176 valence electrons. The van der Waals surface area contributed by atoms with Crippen LogP contribution in [0.5, 0.6) is 0 Å². The van der Waals surface area contributed by atoms with E-state index in [0.717, 1.165) is 54.4 Å². The SMILES string of the molecule is CCCCCc1ccc2cc(C3CCC(C4CCC(CCC)CC4)CC3)c(F)c(F)c2c1. The van der Waals surface area contributed by atoms with Crippen LogP contribution in [0, 0.1) is 29.4 Å². The summed E-state index contributed by atoms with van der Waals surface area (Å²) >= 11 is 0. The molecule has 0 spiro atoms. The lowest BCUT2D eigenvalue weighted by atomic mass is 9.68. The third kappa shape index (κ3) is 5.37.